The number of hydrazine groups is 1. The van der Waals surface area contributed by atoms with Crippen LogP contribution in [0.15, 0.2) is 42.5 Å². The van der Waals surface area contributed by atoms with Crippen LogP contribution in [0.3, 0.4) is 0 Å². The lowest BCUT2D eigenvalue weighted by Gasteiger charge is -2.31. The fourth-order valence-electron chi connectivity index (χ4n) is 3.48. The number of methoxy groups -OCH3 is 2. The number of Topliss-reactive ketones (excluding diaryl/α,β-unsaturated/α-hetero) is 1. The van der Waals surface area contributed by atoms with Crippen LogP contribution < -0.4 is 26.1 Å². The van der Waals surface area contributed by atoms with Gasteiger partial charge in [-0.3, -0.25) is 10.2 Å². The Bertz CT molecular complexity index is 839. The van der Waals surface area contributed by atoms with Gasteiger partial charge in [0.15, 0.2) is 10.9 Å². The number of fused-ring (bicyclic) bond motifs is 1. The normalized spacial score (nSPS) is 17.0. The molecule has 0 amide bonds. The number of thiocarbonyl (C=S) groups is 1. The van der Waals surface area contributed by atoms with E-state index in [4.69, 9.17) is 27.4 Å². The molecule has 142 valence electrons. The van der Waals surface area contributed by atoms with Crippen molar-refractivity contribution < 1.29 is 14.3 Å². The average molecular weight is 385 g/mol. The molecule has 4 N–H and O–H groups in total. The number of rotatable bonds is 6. The van der Waals surface area contributed by atoms with Gasteiger partial charge in [-0.25, -0.2) is 5.43 Å². The molecule has 1 aliphatic rings. The van der Waals surface area contributed by atoms with Crippen LogP contribution in [0.2, 0.25) is 0 Å². The summed E-state index contributed by atoms with van der Waals surface area (Å²) >= 11 is 4.91. The monoisotopic (exact) mass is 385 g/mol. The predicted octanol–water partition coefficient (Wildman–Crippen LogP) is 2.53. The topological polar surface area (TPSA) is 85.6 Å². The maximum atomic E-state index is 13.2. The first kappa shape index (κ1) is 19.1. The molecule has 0 aromatic heterocycles. The summed E-state index contributed by atoms with van der Waals surface area (Å²) in [6.45, 7) is 0. The van der Waals surface area contributed by atoms with E-state index in [1.807, 2.05) is 42.5 Å². The second kappa shape index (κ2) is 8.37. The third-order valence-electron chi connectivity index (χ3n) is 4.87. The van der Waals surface area contributed by atoms with E-state index >= 15 is 0 Å². The lowest BCUT2D eigenvalue weighted by molar-refractivity contribution is 0.0863. The number of hydrogen-bond acceptors (Lipinski definition) is 5. The summed E-state index contributed by atoms with van der Waals surface area (Å²) in [7, 11) is 3.25. The van der Waals surface area contributed by atoms with Crippen molar-refractivity contribution >= 4 is 23.1 Å². The molecule has 2 aromatic rings. The molecule has 0 bridgehead atoms. The smallest absolute Gasteiger partial charge is 0.178 e. The van der Waals surface area contributed by atoms with Crippen molar-refractivity contribution in [2.75, 3.05) is 14.2 Å². The molecule has 0 spiro atoms. The lowest BCUT2D eigenvalue weighted by atomic mass is 9.77. The second-order valence-corrected chi connectivity index (χ2v) is 6.86. The minimum atomic E-state index is -0.278. The van der Waals surface area contributed by atoms with E-state index in [9.17, 15) is 4.79 Å². The maximum absolute atomic E-state index is 13.2. The molecule has 2 atom stereocenters. The highest BCUT2D eigenvalue weighted by Gasteiger charge is 2.34. The molecule has 2 unspecified atom stereocenters. The third-order valence-corrected chi connectivity index (χ3v) is 4.97. The van der Waals surface area contributed by atoms with Crippen LogP contribution in [0.1, 0.15) is 33.9 Å². The van der Waals surface area contributed by atoms with Gasteiger partial charge in [-0.05, 0) is 66.5 Å². The van der Waals surface area contributed by atoms with E-state index in [2.05, 4.69) is 10.9 Å². The summed E-state index contributed by atoms with van der Waals surface area (Å²) in [4.78, 5) is 13.2. The van der Waals surface area contributed by atoms with E-state index in [1.54, 1.807) is 14.2 Å². The molecule has 2 aromatic carbocycles. The summed E-state index contributed by atoms with van der Waals surface area (Å²) in [5, 5.41) is 0.127. The third kappa shape index (κ3) is 4.20. The van der Waals surface area contributed by atoms with Crippen LogP contribution in [0, 0.1) is 5.92 Å². The molecule has 27 heavy (non-hydrogen) atoms. The van der Waals surface area contributed by atoms with Crippen LogP contribution in [-0.4, -0.2) is 25.1 Å². The number of benzene rings is 2. The highest BCUT2D eigenvalue weighted by atomic mass is 32.1. The van der Waals surface area contributed by atoms with Crippen LogP contribution in [0.5, 0.6) is 11.5 Å². The van der Waals surface area contributed by atoms with Crippen molar-refractivity contribution in [3.63, 3.8) is 0 Å². The highest BCUT2D eigenvalue weighted by molar-refractivity contribution is 7.80. The van der Waals surface area contributed by atoms with Gasteiger partial charge in [-0.1, -0.05) is 12.1 Å². The number of nitrogens with one attached hydrogen (secondary N) is 2. The summed E-state index contributed by atoms with van der Waals surface area (Å²) < 4.78 is 10.5. The summed E-state index contributed by atoms with van der Waals surface area (Å²) in [5.74, 6) is 1.37. The van der Waals surface area contributed by atoms with E-state index in [1.165, 1.54) is 0 Å². The Morgan fingerprint density at radius 2 is 1.81 bits per heavy atom. The SMILES string of the molecule is COc1ccc(C(NNC(N)=S)C2CCc3cc(OC)ccc3C2=O)cc1. The molecule has 0 radical (unpaired) electrons. The van der Waals surface area contributed by atoms with Gasteiger partial charge in [0.2, 0.25) is 0 Å². The largest absolute Gasteiger partial charge is 0.497 e. The van der Waals surface area contributed by atoms with Crippen molar-refractivity contribution in [1.82, 2.24) is 10.9 Å². The first-order valence-corrected chi connectivity index (χ1v) is 9.10. The summed E-state index contributed by atoms with van der Waals surface area (Å²) in [6.07, 6.45) is 1.51. The zero-order chi connectivity index (χ0) is 19.4. The second-order valence-electron chi connectivity index (χ2n) is 6.42. The standard InChI is InChI=1S/C20H23N3O3S/c1-25-14-6-3-12(4-7-14)18(22-23-20(21)27)17-9-5-13-11-15(26-2)8-10-16(13)19(17)24/h3-4,6-8,10-11,17-18,22H,5,9H2,1-2H3,(H3,21,23,27). The van der Waals surface area contributed by atoms with Gasteiger partial charge in [-0.2, -0.15) is 0 Å². The molecular formula is C20H23N3O3S. The zero-order valence-corrected chi connectivity index (χ0v) is 16.1. The molecule has 0 heterocycles. The Morgan fingerprint density at radius 3 is 2.44 bits per heavy atom. The van der Waals surface area contributed by atoms with Gasteiger partial charge < -0.3 is 15.2 Å². The fraction of sp³-hybridized carbons (Fsp3) is 0.300. The molecule has 0 aliphatic heterocycles. The van der Waals surface area contributed by atoms with Gasteiger partial charge >= 0.3 is 0 Å². The zero-order valence-electron chi connectivity index (χ0n) is 15.3. The van der Waals surface area contributed by atoms with E-state index in [-0.39, 0.29) is 22.9 Å². The molecule has 0 saturated carbocycles. The van der Waals surface area contributed by atoms with Crippen molar-refractivity contribution in [2.24, 2.45) is 11.7 Å². The van der Waals surface area contributed by atoms with Gasteiger partial charge in [0.25, 0.3) is 0 Å². The number of aryl methyl sites for hydroxylation is 1. The average Bonchev–Trinajstić information content (AvgIpc) is 2.69. The minimum Gasteiger partial charge on any atom is -0.497 e. The number of carbonyl (C=O) groups excluding carboxylic acids is 1. The maximum Gasteiger partial charge on any atom is 0.178 e. The Balaban J connectivity index is 1.91. The van der Waals surface area contributed by atoms with E-state index in [0.29, 0.717) is 6.42 Å². The van der Waals surface area contributed by atoms with Crippen molar-refractivity contribution in [1.29, 1.82) is 0 Å². The number of ketones is 1. The van der Waals surface area contributed by atoms with Crippen LogP contribution in [0.25, 0.3) is 0 Å². The number of ether oxygens (including phenoxy) is 2. The molecule has 0 fully saturated rings. The van der Waals surface area contributed by atoms with Gasteiger partial charge in [0.05, 0.1) is 20.3 Å². The molecule has 0 saturated heterocycles. The molecular weight excluding hydrogens is 362 g/mol. The predicted molar refractivity (Wildman–Crippen MR) is 108 cm³/mol. The first-order valence-electron chi connectivity index (χ1n) is 8.69. The number of carbonyl (C=O) groups is 1. The van der Waals surface area contributed by atoms with Crippen molar-refractivity contribution in [3.8, 4) is 11.5 Å². The Morgan fingerprint density at radius 1 is 1.15 bits per heavy atom. The fourth-order valence-corrected chi connectivity index (χ4v) is 3.54. The van der Waals surface area contributed by atoms with E-state index < -0.39 is 0 Å². The number of hydrogen-bond donors (Lipinski definition) is 3. The van der Waals surface area contributed by atoms with Crippen LogP contribution in [-0.2, 0) is 6.42 Å². The highest BCUT2D eigenvalue weighted by Crippen LogP contribution is 2.35. The summed E-state index contributed by atoms with van der Waals surface area (Å²) in [5.41, 5.74) is 14.2. The van der Waals surface area contributed by atoms with Gasteiger partial charge in [0.1, 0.15) is 11.5 Å². The van der Waals surface area contributed by atoms with Crippen molar-refractivity contribution in [3.05, 3.63) is 59.2 Å². The molecule has 3 rings (SSSR count). The Labute approximate surface area is 164 Å². The first-order chi connectivity index (χ1) is 13.0. The van der Waals surface area contributed by atoms with Gasteiger partial charge in [-0.15, -0.1) is 0 Å². The van der Waals surface area contributed by atoms with Crippen LogP contribution >= 0.6 is 12.2 Å². The Kier molecular flexibility index (Phi) is 5.93. The van der Waals surface area contributed by atoms with Crippen molar-refractivity contribution in [2.45, 2.75) is 18.9 Å². The minimum absolute atomic E-state index is 0.0944. The van der Waals surface area contributed by atoms with Gasteiger partial charge in [0, 0.05) is 11.5 Å². The number of nitrogens with two attached hydrogens (primary N) is 1. The molecule has 7 heteroatoms. The van der Waals surface area contributed by atoms with Crippen LogP contribution in [0.4, 0.5) is 0 Å². The van der Waals surface area contributed by atoms with E-state index in [0.717, 1.165) is 34.6 Å². The molecule has 1 aliphatic carbocycles. The molecule has 6 nitrogen and oxygen atoms in total. The summed E-state index contributed by atoms with van der Waals surface area (Å²) in [6, 6.07) is 12.9. The lowest BCUT2D eigenvalue weighted by Crippen LogP contribution is -2.47. The quantitative estimate of drug-likeness (QED) is 0.520. The Hall–Kier alpha value is -2.64.